The molecule has 0 aliphatic carbocycles. The van der Waals surface area contributed by atoms with Crippen molar-refractivity contribution in [3.63, 3.8) is 0 Å². The van der Waals surface area contributed by atoms with Crippen molar-refractivity contribution in [1.29, 1.82) is 0 Å². The lowest BCUT2D eigenvalue weighted by atomic mass is 10.1. The first-order chi connectivity index (χ1) is 14.7. The number of halogens is 3. The quantitative estimate of drug-likeness (QED) is 0.344. The minimum absolute atomic E-state index is 0.0223. The van der Waals surface area contributed by atoms with Crippen molar-refractivity contribution in [2.24, 2.45) is 5.10 Å². The molecular formula is C21H16Cl3N3O3S. The highest BCUT2D eigenvalue weighted by Gasteiger charge is 2.18. The van der Waals surface area contributed by atoms with E-state index in [-0.39, 0.29) is 20.8 Å². The predicted octanol–water partition coefficient (Wildman–Crippen LogP) is 5.60. The summed E-state index contributed by atoms with van der Waals surface area (Å²) in [5.74, 6) is -0.367. The van der Waals surface area contributed by atoms with Crippen LogP contribution in [0.1, 0.15) is 22.8 Å². The van der Waals surface area contributed by atoms with Gasteiger partial charge in [-0.1, -0.05) is 59.1 Å². The molecule has 0 bridgehead atoms. The summed E-state index contributed by atoms with van der Waals surface area (Å²) in [6.07, 6.45) is 0. The van der Waals surface area contributed by atoms with Crippen LogP contribution in [0.15, 0.2) is 76.7 Å². The van der Waals surface area contributed by atoms with E-state index < -0.39 is 10.0 Å². The molecule has 10 heteroatoms. The summed E-state index contributed by atoms with van der Waals surface area (Å²) >= 11 is 17.9. The standard InChI is InChI=1S/C21H16Cl3N3O3S/c1-13(26-27-31(29,30)20-12-15(22)9-10-19(20)24)14-5-4-6-16(11-14)25-21(28)17-7-2-3-8-18(17)23/h2-12,27H,1H3,(H,25,28)/b26-13-. The van der Waals surface area contributed by atoms with Gasteiger partial charge in [0.05, 0.1) is 21.3 Å². The number of amides is 1. The zero-order chi connectivity index (χ0) is 22.6. The van der Waals surface area contributed by atoms with E-state index in [1.807, 2.05) is 0 Å². The third-order valence-corrected chi connectivity index (χ3v) is 6.43. The molecule has 6 nitrogen and oxygen atoms in total. The van der Waals surface area contributed by atoms with E-state index in [1.165, 1.54) is 18.2 Å². The largest absolute Gasteiger partial charge is 0.322 e. The van der Waals surface area contributed by atoms with Crippen LogP contribution in [-0.2, 0) is 10.0 Å². The maximum atomic E-state index is 12.5. The Kier molecular flexibility index (Phi) is 7.23. The Labute approximate surface area is 194 Å². The van der Waals surface area contributed by atoms with Gasteiger partial charge < -0.3 is 5.32 Å². The van der Waals surface area contributed by atoms with Gasteiger partial charge in [0.2, 0.25) is 0 Å². The molecule has 0 aliphatic heterocycles. The highest BCUT2D eigenvalue weighted by Crippen LogP contribution is 2.25. The van der Waals surface area contributed by atoms with Crippen molar-refractivity contribution in [3.05, 3.63) is 92.9 Å². The van der Waals surface area contributed by atoms with Crippen LogP contribution in [0.25, 0.3) is 0 Å². The van der Waals surface area contributed by atoms with Crippen LogP contribution < -0.4 is 10.1 Å². The third kappa shape index (κ3) is 5.77. The number of nitrogens with one attached hydrogen (secondary N) is 2. The number of carbonyl (C=O) groups is 1. The second-order valence-electron chi connectivity index (χ2n) is 6.38. The number of benzene rings is 3. The summed E-state index contributed by atoms with van der Waals surface area (Å²) in [5, 5.41) is 7.29. The van der Waals surface area contributed by atoms with E-state index in [0.29, 0.717) is 27.5 Å². The van der Waals surface area contributed by atoms with Crippen LogP contribution in [0.5, 0.6) is 0 Å². The van der Waals surface area contributed by atoms with Gasteiger partial charge in [0.25, 0.3) is 15.9 Å². The molecule has 160 valence electrons. The molecule has 0 saturated heterocycles. The Morgan fingerprint density at radius 3 is 2.39 bits per heavy atom. The van der Waals surface area contributed by atoms with Gasteiger partial charge in [-0.15, -0.1) is 0 Å². The van der Waals surface area contributed by atoms with Gasteiger partial charge in [-0.25, -0.2) is 0 Å². The Hall–Kier alpha value is -2.58. The lowest BCUT2D eigenvalue weighted by molar-refractivity contribution is 0.102. The molecule has 3 rings (SSSR count). The van der Waals surface area contributed by atoms with Gasteiger partial charge in [0.15, 0.2) is 0 Å². The molecular weight excluding hydrogens is 481 g/mol. The maximum absolute atomic E-state index is 12.5. The molecule has 0 aliphatic rings. The van der Waals surface area contributed by atoms with Gasteiger partial charge in [-0.3, -0.25) is 4.79 Å². The Bertz CT molecular complexity index is 1280. The Morgan fingerprint density at radius 2 is 1.65 bits per heavy atom. The summed E-state index contributed by atoms with van der Waals surface area (Å²) in [4.78, 5) is 14.4. The van der Waals surface area contributed by atoms with Crippen molar-refractivity contribution < 1.29 is 13.2 Å². The van der Waals surface area contributed by atoms with Crippen LogP contribution in [0, 0.1) is 0 Å². The number of hydrazone groups is 1. The molecule has 0 saturated carbocycles. The van der Waals surface area contributed by atoms with E-state index in [4.69, 9.17) is 34.8 Å². The van der Waals surface area contributed by atoms with Crippen molar-refractivity contribution >= 4 is 62.1 Å². The lowest BCUT2D eigenvalue weighted by Crippen LogP contribution is -2.20. The van der Waals surface area contributed by atoms with E-state index in [9.17, 15) is 13.2 Å². The summed E-state index contributed by atoms with van der Waals surface area (Å²) in [5.41, 5.74) is 1.80. The number of rotatable bonds is 6. The van der Waals surface area contributed by atoms with Crippen LogP contribution in [0.3, 0.4) is 0 Å². The van der Waals surface area contributed by atoms with Gasteiger partial charge in [0.1, 0.15) is 4.90 Å². The molecule has 31 heavy (non-hydrogen) atoms. The number of sulfonamides is 1. The number of anilines is 1. The predicted molar refractivity (Wildman–Crippen MR) is 125 cm³/mol. The number of carbonyl (C=O) groups excluding carboxylic acids is 1. The SMILES string of the molecule is C/C(=N/NS(=O)(=O)c1cc(Cl)ccc1Cl)c1cccc(NC(=O)c2ccccc2Cl)c1. The second kappa shape index (κ2) is 9.70. The van der Waals surface area contributed by atoms with Crippen molar-refractivity contribution in [3.8, 4) is 0 Å². The minimum Gasteiger partial charge on any atom is -0.322 e. The molecule has 3 aromatic rings. The first kappa shape index (κ1) is 23.1. The van der Waals surface area contributed by atoms with Crippen LogP contribution in [0.4, 0.5) is 5.69 Å². The third-order valence-electron chi connectivity index (χ3n) is 4.17. The molecule has 3 aromatic carbocycles. The Balaban J connectivity index is 1.79. The molecule has 0 heterocycles. The van der Waals surface area contributed by atoms with E-state index >= 15 is 0 Å². The average molecular weight is 497 g/mol. The van der Waals surface area contributed by atoms with Crippen LogP contribution >= 0.6 is 34.8 Å². The zero-order valence-corrected chi connectivity index (χ0v) is 19.1. The minimum atomic E-state index is -4.02. The summed E-state index contributed by atoms with van der Waals surface area (Å²) in [7, 11) is -4.02. The Morgan fingerprint density at radius 1 is 0.903 bits per heavy atom. The molecule has 0 spiro atoms. The summed E-state index contributed by atoms with van der Waals surface area (Å²) in [6, 6.07) is 17.6. The monoisotopic (exact) mass is 495 g/mol. The highest BCUT2D eigenvalue weighted by atomic mass is 35.5. The van der Waals surface area contributed by atoms with E-state index in [0.717, 1.165) is 0 Å². The summed E-state index contributed by atoms with van der Waals surface area (Å²) < 4.78 is 25.0. The first-order valence-corrected chi connectivity index (χ1v) is 11.5. The molecule has 0 atom stereocenters. The van der Waals surface area contributed by atoms with Gasteiger partial charge in [-0.05, 0) is 55.0 Å². The number of hydrogen-bond acceptors (Lipinski definition) is 4. The fourth-order valence-electron chi connectivity index (χ4n) is 2.59. The van der Waals surface area contributed by atoms with Gasteiger partial charge in [0, 0.05) is 10.7 Å². The molecule has 1 amide bonds. The smallest absolute Gasteiger partial charge is 0.278 e. The summed E-state index contributed by atoms with van der Waals surface area (Å²) in [6.45, 7) is 1.62. The van der Waals surface area contributed by atoms with Crippen LogP contribution in [-0.4, -0.2) is 20.0 Å². The van der Waals surface area contributed by atoms with Crippen molar-refractivity contribution in [2.75, 3.05) is 5.32 Å². The fraction of sp³-hybridized carbons (Fsp3) is 0.0476. The first-order valence-electron chi connectivity index (χ1n) is 8.85. The second-order valence-corrected chi connectivity index (χ2v) is 9.26. The molecule has 0 radical (unpaired) electrons. The number of hydrogen-bond donors (Lipinski definition) is 2. The van der Waals surface area contributed by atoms with E-state index in [2.05, 4.69) is 15.2 Å². The molecule has 0 unspecified atom stereocenters. The van der Waals surface area contributed by atoms with Crippen LogP contribution in [0.2, 0.25) is 15.1 Å². The molecule has 0 fully saturated rings. The molecule has 2 N–H and O–H groups in total. The van der Waals surface area contributed by atoms with Crippen molar-refractivity contribution in [1.82, 2.24) is 4.83 Å². The maximum Gasteiger partial charge on any atom is 0.278 e. The van der Waals surface area contributed by atoms with Crippen molar-refractivity contribution in [2.45, 2.75) is 11.8 Å². The topological polar surface area (TPSA) is 87.6 Å². The number of nitrogens with zero attached hydrogens (tertiary/aromatic N) is 1. The lowest BCUT2D eigenvalue weighted by Gasteiger charge is -2.10. The fourth-order valence-corrected chi connectivity index (χ4v) is 4.43. The highest BCUT2D eigenvalue weighted by molar-refractivity contribution is 7.89. The zero-order valence-electron chi connectivity index (χ0n) is 16.1. The van der Waals surface area contributed by atoms with E-state index in [1.54, 1.807) is 55.5 Å². The van der Waals surface area contributed by atoms with Gasteiger partial charge in [-0.2, -0.15) is 18.4 Å². The van der Waals surface area contributed by atoms with Gasteiger partial charge >= 0.3 is 0 Å². The normalized spacial score (nSPS) is 11.8. The molecule has 0 aromatic heterocycles. The average Bonchev–Trinajstić information content (AvgIpc) is 2.74.